The van der Waals surface area contributed by atoms with E-state index in [1.54, 1.807) is 0 Å². The summed E-state index contributed by atoms with van der Waals surface area (Å²) in [6.07, 6.45) is 3.04. The monoisotopic (exact) mass is 358 g/mol. The molecule has 2 aromatic rings. The lowest BCUT2D eigenvalue weighted by molar-refractivity contribution is -0.118. The Morgan fingerprint density at radius 3 is 2.68 bits per heavy atom. The lowest BCUT2D eigenvalue weighted by Gasteiger charge is -2.32. The first-order valence-corrected chi connectivity index (χ1v) is 8.94. The van der Waals surface area contributed by atoms with Crippen LogP contribution in [0.15, 0.2) is 42.5 Å². The molecule has 2 atom stereocenters. The third-order valence-corrected chi connectivity index (χ3v) is 5.02. The lowest BCUT2D eigenvalue weighted by Crippen LogP contribution is -2.34. The van der Waals surface area contributed by atoms with Crippen molar-refractivity contribution < 1.29 is 9.53 Å². The van der Waals surface area contributed by atoms with Crippen molar-refractivity contribution in [2.45, 2.75) is 37.6 Å². The number of aryl methyl sites for hydroxylation is 1. The molecule has 0 saturated carbocycles. The third kappa shape index (κ3) is 4.53. The summed E-state index contributed by atoms with van der Waals surface area (Å²) < 4.78 is 5.67. The summed E-state index contributed by atoms with van der Waals surface area (Å²) in [5.41, 5.74) is 15.4. The zero-order valence-corrected chi connectivity index (χ0v) is 14.8. The summed E-state index contributed by atoms with van der Waals surface area (Å²) in [4.78, 5) is 10.9. The molecule has 0 saturated heterocycles. The Hall–Kier alpha value is -2.04. The number of nitrogens with two attached hydrogens (primary N) is 2. The first-order valence-electron chi connectivity index (χ1n) is 8.57. The highest BCUT2D eigenvalue weighted by Gasteiger charge is 2.27. The van der Waals surface area contributed by atoms with E-state index in [0.29, 0.717) is 6.61 Å². The van der Waals surface area contributed by atoms with Crippen LogP contribution in [-0.2, 0) is 17.6 Å². The number of hydrogen-bond donors (Lipinski definition) is 2. The fourth-order valence-corrected chi connectivity index (χ4v) is 3.52. The van der Waals surface area contributed by atoms with Crippen LogP contribution in [0, 0.1) is 0 Å². The van der Waals surface area contributed by atoms with Gasteiger partial charge in [-0.2, -0.15) is 0 Å². The van der Waals surface area contributed by atoms with E-state index in [2.05, 4.69) is 24.3 Å². The summed E-state index contributed by atoms with van der Waals surface area (Å²) in [6.45, 7) is 0.294. The minimum Gasteiger partial charge on any atom is -0.493 e. The Labute approximate surface area is 153 Å². The zero-order valence-electron chi connectivity index (χ0n) is 14.1. The molecule has 0 radical (unpaired) electrons. The molecule has 1 aliphatic carbocycles. The molecular weight excluding hydrogens is 336 g/mol. The van der Waals surface area contributed by atoms with Gasteiger partial charge < -0.3 is 16.2 Å². The average molecular weight is 359 g/mol. The first kappa shape index (κ1) is 17.8. The first-order chi connectivity index (χ1) is 12.0. The second kappa shape index (κ2) is 7.89. The van der Waals surface area contributed by atoms with Gasteiger partial charge in [-0.25, -0.2) is 0 Å². The predicted octanol–water partition coefficient (Wildman–Crippen LogP) is 3.19. The van der Waals surface area contributed by atoms with Crippen LogP contribution in [0.5, 0.6) is 5.75 Å². The molecule has 4 N–H and O–H groups in total. The van der Waals surface area contributed by atoms with E-state index in [0.717, 1.165) is 30.0 Å². The molecule has 5 heteroatoms. The van der Waals surface area contributed by atoms with Crippen molar-refractivity contribution in [1.29, 1.82) is 0 Å². The maximum absolute atomic E-state index is 10.9. The number of benzene rings is 2. The number of carbonyl (C=O) groups excluding carboxylic acids is 1. The second-order valence-electron chi connectivity index (χ2n) is 6.57. The van der Waals surface area contributed by atoms with Crippen molar-refractivity contribution in [3.63, 3.8) is 0 Å². The summed E-state index contributed by atoms with van der Waals surface area (Å²) in [5, 5.41) is 0.738. The van der Waals surface area contributed by atoms with Gasteiger partial charge in [0, 0.05) is 17.0 Å². The van der Waals surface area contributed by atoms with Gasteiger partial charge in [0.1, 0.15) is 5.75 Å². The minimum absolute atomic E-state index is 0.115. The molecule has 132 valence electrons. The van der Waals surface area contributed by atoms with E-state index < -0.39 is 0 Å². The number of carbonyl (C=O) groups is 1. The standard InChI is InChI=1S/C20H23ClN2O2/c21-15-5-1-13(2-6-15)11-18-17-12-16(25-10-9-20(23)24)7-3-14(17)4-8-19(18)22/h1-3,5-7,12,18-19H,4,8-11,22H2,(H2,23,24). The van der Waals surface area contributed by atoms with E-state index in [1.165, 1.54) is 16.7 Å². The highest BCUT2D eigenvalue weighted by atomic mass is 35.5. The number of hydrogen-bond acceptors (Lipinski definition) is 3. The Morgan fingerprint density at radius 1 is 1.20 bits per heavy atom. The SMILES string of the molecule is NC(=O)CCOc1ccc2c(c1)C(Cc1ccc(Cl)cc1)C(N)CC2. The molecule has 0 fully saturated rings. The summed E-state index contributed by atoms with van der Waals surface area (Å²) in [6, 6.07) is 14.2. The van der Waals surface area contributed by atoms with E-state index in [4.69, 9.17) is 27.8 Å². The van der Waals surface area contributed by atoms with Crippen LogP contribution < -0.4 is 16.2 Å². The zero-order chi connectivity index (χ0) is 17.8. The molecule has 2 unspecified atom stereocenters. The number of ether oxygens (including phenoxy) is 1. The van der Waals surface area contributed by atoms with E-state index in [9.17, 15) is 4.79 Å². The van der Waals surface area contributed by atoms with Crippen LogP contribution in [0.2, 0.25) is 5.02 Å². The highest BCUT2D eigenvalue weighted by molar-refractivity contribution is 6.30. The molecule has 3 rings (SSSR count). The van der Waals surface area contributed by atoms with Gasteiger partial charge in [-0.1, -0.05) is 29.8 Å². The quantitative estimate of drug-likeness (QED) is 0.832. The van der Waals surface area contributed by atoms with Gasteiger partial charge in [-0.3, -0.25) is 4.79 Å². The van der Waals surface area contributed by atoms with Crippen molar-refractivity contribution in [3.8, 4) is 5.75 Å². The van der Waals surface area contributed by atoms with Gasteiger partial charge in [0.05, 0.1) is 13.0 Å². The van der Waals surface area contributed by atoms with Crippen LogP contribution in [0.4, 0.5) is 0 Å². The van der Waals surface area contributed by atoms with Gasteiger partial charge >= 0.3 is 0 Å². The average Bonchev–Trinajstić information content (AvgIpc) is 2.59. The van der Waals surface area contributed by atoms with Crippen molar-refractivity contribution in [2.24, 2.45) is 11.5 Å². The van der Waals surface area contributed by atoms with Crippen LogP contribution in [0.1, 0.15) is 35.4 Å². The van der Waals surface area contributed by atoms with Gasteiger partial charge in [0.25, 0.3) is 0 Å². The summed E-state index contributed by atoms with van der Waals surface area (Å²) >= 11 is 5.98. The molecule has 0 spiro atoms. The smallest absolute Gasteiger partial charge is 0.220 e. The number of halogens is 1. The summed E-state index contributed by atoms with van der Waals surface area (Å²) in [7, 11) is 0. The Bertz CT molecular complexity index is 746. The minimum atomic E-state index is -0.361. The van der Waals surface area contributed by atoms with Crippen molar-refractivity contribution >= 4 is 17.5 Å². The third-order valence-electron chi connectivity index (χ3n) is 4.77. The number of amides is 1. The van der Waals surface area contributed by atoms with Gasteiger partial charge in [0.2, 0.25) is 5.91 Å². The molecule has 1 amide bonds. The molecule has 0 bridgehead atoms. The molecule has 25 heavy (non-hydrogen) atoms. The molecular formula is C20H23ClN2O2. The molecule has 1 aliphatic rings. The largest absolute Gasteiger partial charge is 0.493 e. The highest BCUT2D eigenvalue weighted by Crippen LogP contribution is 2.36. The van der Waals surface area contributed by atoms with Crippen molar-refractivity contribution in [1.82, 2.24) is 0 Å². The molecule has 0 aromatic heterocycles. The fourth-order valence-electron chi connectivity index (χ4n) is 3.39. The number of fused-ring (bicyclic) bond motifs is 1. The van der Waals surface area contributed by atoms with Crippen LogP contribution in [-0.4, -0.2) is 18.6 Å². The van der Waals surface area contributed by atoms with Gasteiger partial charge in [-0.05, 0) is 60.2 Å². The molecule has 0 aliphatic heterocycles. The second-order valence-corrected chi connectivity index (χ2v) is 7.00. The fraction of sp³-hybridized carbons (Fsp3) is 0.350. The van der Waals surface area contributed by atoms with Crippen LogP contribution >= 0.6 is 11.6 Å². The molecule has 2 aromatic carbocycles. The van der Waals surface area contributed by atoms with Crippen LogP contribution in [0.25, 0.3) is 0 Å². The van der Waals surface area contributed by atoms with Crippen molar-refractivity contribution in [2.75, 3.05) is 6.61 Å². The maximum atomic E-state index is 10.9. The van der Waals surface area contributed by atoms with E-state index in [-0.39, 0.29) is 24.3 Å². The predicted molar refractivity (Wildman–Crippen MR) is 99.9 cm³/mol. The Balaban J connectivity index is 1.80. The van der Waals surface area contributed by atoms with Gasteiger partial charge in [0.15, 0.2) is 0 Å². The maximum Gasteiger partial charge on any atom is 0.220 e. The lowest BCUT2D eigenvalue weighted by atomic mass is 9.76. The Morgan fingerprint density at radius 2 is 1.96 bits per heavy atom. The van der Waals surface area contributed by atoms with Crippen molar-refractivity contribution in [3.05, 3.63) is 64.2 Å². The normalized spacial score (nSPS) is 19.3. The van der Waals surface area contributed by atoms with Gasteiger partial charge in [-0.15, -0.1) is 0 Å². The molecule has 0 heterocycles. The number of primary amides is 1. The number of rotatable bonds is 6. The van der Waals surface area contributed by atoms with E-state index >= 15 is 0 Å². The summed E-state index contributed by atoms with van der Waals surface area (Å²) in [5.74, 6) is 0.639. The van der Waals surface area contributed by atoms with E-state index in [1.807, 2.05) is 18.2 Å². The molecule has 4 nitrogen and oxygen atoms in total. The van der Waals surface area contributed by atoms with Crippen LogP contribution in [0.3, 0.4) is 0 Å². The Kier molecular flexibility index (Phi) is 5.61. The topological polar surface area (TPSA) is 78.3 Å².